The molecule has 13 rings (SSSR count). The van der Waals surface area contributed by atoms with Crippen molar-refractivity contribution in [3.63, 3.8) is 0 Å². The fourth-order valence-electron chi connectivity index (χ4n) is 12.8. The van der Waals surface area contributed by atoms with Crippen LogP contribution in [0.3, 0.4) is 0 Å². The highest BCUT2D eigenvalue weighted by atomic mass is 15.2. The van der Waals surface area contributed by atoms with Gasteiger partial charge in [-0.3, -0.25) is 0 Å². The van der Waals surface area contributed by atoms with E-state index in [4.69, 9.17) is 0 Å². The van der Waals surface area contributed by atoms with Crippen molar-refractivity contribution >= 4 is 65.8 Å². The number of para-hydroxylation sites is 2. The van der Waals surface area contributed by atoms with Gasteiger partial charge in [-0.1, -0.05) is 186 Å². The van der Waals surface area contributed by atoms with Crippen LogP contribution < -0.4 is 9.80 Å². The lowest BCUT2D eigenvalue weighted by atomic mass is 9.65. The molecular formula is C63H52N2. The number of nitrogens with zero attached hydrogens (tertiary/aromatic N) is 2. The van der Waals surface area contributed by atoms with Gasteiger partial charge in [0, 0.05) is 34.0 Å². The Morgan fingerprint density at radius 1 is 0.415 bits per heavy atom. The van der Waals surface area contributed by atoms with Gasteiger partial charge in [0.05, 0.1) is 22.5 Å². The first-order valence-corrected chi connectivity index (χ1v) is 23.8. The zero-order valence-electron chi connectivity index (χ0n) is 37.7. The third kappa shape index (κ3) is 5.23. The molecule has 0 saturated heterocycles. The second-order valence-corrected chi connectivity index (χ2v) is 19.5. The zero-order chi connectivity index (χ0) is 43.7. The van der Waals surface area contributed by atoms with Crippen molar-refractivity contribution < 1.29 is 0 Å². The van der Waals surface area contributed by atoms with Crippen molar-refractivity contribution in [3.8, 4) is 11.1 Å². The van der Waals surface area contributed by atoms with Gasteiger partial charge in [-0.05, 0) is 132 Å². The average Bonchev–Trinajstić information content (AvgIpc) is 3.91. The summed E-state index contributed by atoms with van der Waals surface area (Å²) in [6, 6.07) is 73.5. The molecule has 10 aromatic carbocycles. The normalized spacial score (nSPS) is 18.5. The Bertz CT molecular complexity index is 3570. The van der Waals surface area contributed by atoms with Gasteiger partial charge in [0.25, 0.3) is 0 Å². The van der Waals surface area contributed by atoms with Crippen molar-refractivity contribution in [3.05, 3.63) is 228 Å². The fraction of sp³-hybridized carbons (Fsp3) is 0.175. The molecule has 314 valence electrons. The van der Waals surface area contributed by atoms with Crippen LogP contribution in [0.4, 0.5) is 22.7 Å². The zero-order valence-corrected chi connectivity index (χ0v) is 37.7. The van der Waals surface area contributed by atoms with Gasteiger partial charge in [-0.15, -0.1) is 0 Å². The molecule has 0 heterocycles. The third-order valence-corrected chi connectivity index (χ3v) is 15.9. The molecule has 0 aliphatic heterocycles. The molecule has 0 spiro atoms. The van der Waals surface area contributed by atoms with E-state index in [-0.39, 0.29) is 16.5 Å². The molecule has 2 heteroatoms. The van der Waals surface area contributed by atoms with Crippen molar-refractivity contribution in [2.45, 2.75) is 69.9 Å². The molecule has 0 fully saturated rings. The summed E-state index contributed by atoms with van der Waals surface area (Å²) in [5.41, 5.74) is 16.0. The smallest absolute Gasteiger partial charge is 0.0962 e. The lowest BCUT2D eigenvalue weighted by Crippen LogP contribution is -2.52. The number of hydrogen-bond donors (Lipinski definition) is 0. The Morgan fingerprint density at radius 2 is 0.862 bits per heavy atom. The summed E-state index contributed by atoms with van der Waals surface area (Å²) in [6.45, 7) is 9.71. The summed E-state index contributed by atoms with van der Waals surface area (Å²) in [4.78, 5) is 5.42. The van der Waals surface area contributed by atoms with Gasteiger partial charge in [-0.25, -0.2) is 0 Å². The highest BCUT2D eigenvalue weighted by molar-refractivity contribution is 6.15. The molecule has 0 bridgehead atoms. The van der Waals surface area contributed by atoms with E-state index in [1.165, 1.54) is 110 Å². The third-order valence-electron chi connectivity index (χ3n) is 15.9. The van der Waals surface area contributed by atoms with Gasteiger partial charge < -0.3 is 9.80 Å². The molecule has 0 N–H and O–H groups in total. The highest BCUT2D eigenvalue weighted by Crippen LogP contribution is 2.65. The molecule has 0 radical (unpaired) electrons. The van der Waals surface area contributed by atoms with Crippen molar-refractivity contribution in [1.82, 2.24) is 0 Å². The number of anilines is 4. The topological polar surface area (TPSA) is 6.48 Å². The van der Waals surface area contributed by atoms with Gasteiger partial charge >= 0.3 is 0 Å². The molecular weight excluding hydrogens is 785 g/mol. The minimum atomic E-state index is -0.252. The van der Waals surface area contributed by atoms with Crippen molar-refractivity contribution in [2.75, 3.05) is 9.80 Å². The van der Waals surface area contributed by atoms with Gasteiger partial charge in [-0.2, -0.15) is 0 Å². The van der Waals surface area contributed by atoms with Crippen LogP contribution in [0.15, 0.2) is 194 Å². The number of benzene rings is 10. The average molecular weight is 837 g/mol. The minimum Gasteiger partial charge on any atom is -0.330 e. The van der Waals surface area contributed by atoms with Crippen LogP contribution in [0.1, 0.15) is 80.3 Å². The molecule has 0 amide bonds. The van der Waals surface area contributed by atoms with Crippen LogP contribution in [0.5, 0.6) is 0 Å². The Labute approximate surface area is 382 Å². The maximum Gasteiger partial charge on any atom is 0.0962 e. The van der Waals surface area contributed by atoms with Gasteiger partial charge in [0.2, 0.25) is 0 Å². The standard InChI is InChI=1S/C63H52N2/c1-5-33-63(65(45-25-11-8-12-26-45)60-36-42-22-14-16-28-47(42)49-30-18-20-32-51(49)60)57-37-53-52-34-43-40-62(6-2,54(43)38-55(52)61(3,4)56(53)39-58(57)63)64(44-23-9-7-10-24-44)59-35-41-21-13-15-27-46(41)48-29-17-19-31-50(48)59/h7-32,34-39H,5-6,33,40H2,1-4H3. The molecule has 0 saturated carbocycles. The molecule has 65 heavy (non-hydrogen) atoms. The quantitative estimate of drug-likeness (QED) is 0.134. The number of rotatable bonds is 9. The SMILES string of the molecule is CCCC1(N(c2ccccc2)c2cc3ccccc3c3ccccc23)c2cc3c(cc21)C(C)(C)c1cc2c(cc1-3)CC2(CC)N(c1ccccc1)c1cc2ccccc2c2ccccc12. The van der Waals surface area contributed by atoms with Gasteiger partial charge in [0.1, 0.15) is 0 Å². The van der Waals surface area contributed by atoms with Crippen LogP contribution >= 0.6 is 0 Å². The maximum absolute atomic E-state index is 2.71. The van der Waals surface area contributed by atoms with E-state index in [2.05, 4.69) is 232 Å². The summed E-state index contributed by atoms with van der Waals surface area (Å²) in [7, 11) is 0. The van der Waals surface area contributed by atoms with Gasteiger partial charge in [0.15, 0.2) is 0 Å². The lowest BCUT2D eigenvalue weighted by molar-refractivity contribution is 0.363. The second-order valence-electron chi connectivity index (χ2n) is 19.5. The summed E-state index contributed by atoms with van der Waals surface area (Å²) >= 11 is 0. The first-order valence-electron chi connectivity index (χ1n) is 23.8. The summed E-state index contributed by atoms with van der Waals surface area (Å²) < 4.78 is 0. The van der Waals surface area contributed by atoms with Crippen LogP contribution in [-0.4, -0.2) is 0 Å². The maximum atomic E-state index is 2.71. The Hall–Kier alpha value is -7.16. The fourth-order valence-corrected chi connectivity index (χ4v) is 12.8. The predicted octanol–water partition coefficient (Wildman–Crippen LogP) is 16.8. The van der Waals surface area contributed by atoms with Crippen LogP contribution in [-0.2, 0) is 22.9 Å². The molecule has 0 aromatic heterocycles. The van der Waals surface area contributed by atoms with Crippen molar-refractivity contribution in [1.29, 1.82) is 0 Å². The summed E-state index contributed by atoms with van der Waals surface area (Å²) in [6.07, 6.45) is 4.09. The Balaban J connectivity index is 0.976. The Kier molecular flexibility index (Phi) is 8.20. The number of fused-ring (bicyclic) bond motifs is 11. The van der Waals surface area contributed by atoms with E-state index in [1.807, 2.05) is 0 Å². The number of hydrogen-bond acceptors (Lipinski definition) is 2. The molecule has 10 aromatic rings. The van der Waals surface area contributed by atoms with E-state index >= 15 is 0 Å². The molecule has 3 aliphatic carbocycles. The lowest BCUT2D eigenvalue weighted by Gasteiger charge is -2.53. The van der Waals surface area contributed by atoms with E-state index < -0.39 is 0 Å². The highest BCUT2D eigenvalue weighted by Gasteiger charge is 2.57. The predicted molar refractivity (Wildman–Crippen MR) is 275 cm³/mol. The Morgan fingerprint density at radius 3 is 1.42 bits per heavy atom. The monoisotopic (exact) mass is 836 g/mol. The van der Waals surface area contributed by atoms with Crippen LogP contribution in [0.25, 0.3) is 54.2 Å². The van der Waals surface area contributed by atoms with Crippen molar-refractivity contribution in [2.24, 2.45) is 0 Å². The van der Waals surface area contributed by atoms with E-state index in [9.17, 15) is 0 Å². The van der Waals surface area contributed by atoms with E-state index in [0.29, 0.717) is 0 Å². The molecule has 2 unspecified atom stereocenters. The minimum absolute atomic E-state index is 0.176. The summed E-state index contributed by atoms with van der Waals surface area (Å²) in [5, 5.41) is 10.4. The molecule has 3 aliphatic rings. The largest absolute Gasteiger partial charge is 0.330 e. The first kappa shape index (κ1) is 38.3. The molecule has 2 nitrogen and oxygen atoms in total. The van der Waals surface area contributed by atoms with Crippen LogP contribution in [0.2, 0.25) is 0 Å². The second kappa shape index (κ2) is 13.9. The van der Waals surface area contributed by atoms with E-state index in [1.54, 1.807) is 0 Å². The first-order chi connectivity index (χ1) is 31.9. The van der Waals surface area contributed by atoms with Crippen LogP contribution in [0, 0.1) is 0 Å². The molecule has 2 atom stereocenters. The van der Waals surface area contributed by atoms with E-state index in [0.717, 1.165) is 25.7 Å². The summed E-state index contributed by atoms with van der Waals surface area (Å²) in [5.74, 6) is 0.